The summed E-state index contributed by atoms with van der Waals surface area (Å²) in [5.41, 5.74) is 1.15. The van der Waals surface area contributed by atoms with Crippen LogP contribution in [0.3, 0.4) is 0 Å². The van der Waals surface area contributed by atoms with Crippen molar-refractivity contribution in [3.63, 3.8) is 0 Å². The van der Waals surface area contributed by atoms with E-state index in [-0.39, 0.29) is 0 Å². The molecule has 19 heavy (non-hydrogen) atoms. The molecule has 0 radical (unpaired) electrons. The van der Waals surface area contributed by atoms with Crippen LogP contribution in [0.4, 0.5) is 0 Å². The molecule has 2 rings (SSSR count). The molecule has 1 aliphatic heterocycles. The first-order chi connectivity index (χ1) is 9.04. The van der Waals surface area contributed by atoms with Crippen molar-refractivity contribution in [3.8, 4) is 0 Å². The zero-order valence-electron chi connectivity index (χ0n) is 13.4. The molecule has 1 saturated heterocycles. The molecular formula is C17H34N2. The largest absolute Gasteiger partial charge is 0.317 e. The number of hydrogen-bond acceptors (Lipinski definition) is 2. The zero-order chi connectivity index (χ0) is 13.8. The Morgan fingerprint density at radius 3 is 2.21 bits per heavy atom. The van der Waals surface area contributed by atoms with Crippen LogP contribution in [0.15, 0.2) is 0 Å². The molecule has 2 nitrogen and oxygen atoms in total. The molecule has 2 fully saturated rings. The van der Waals surface area contributed by atoms with Gasteiger partial charge in [0.1, 0.15) is 0 Å². The minimum absolute atomic E-state index is 0.531. The van der Waals surface area contributed by atoms with Gasteiger partial charge in [0.25, 0.3) is 0 Å². The van der Waals surface area contributed by atoms with E-state index in [0.29, 0.717) is 10.8 Å². The van der Waals surface area contributed by atoms with Crippen molar-refractivity contribution in [3.05, 3.63) is 0 Å². The van der Waals surface area contributed by atoms with Crippen LogP contribution in [-0.2, 0) is 0 Å². The first kappa shape index (κ1) is 15.3. The topological polar surface area (TPSA) is 24.1 Å². The third kappa shape index (κ3) is 4.46. The Labute approximate surface area is 120 Å². The van der Waals surface area contributed by atoms with Gasteiger partial charge >= 0.3 is 0 Å². The molecule has 1 aliphatic carbocycles. The molecule has 2 N–H and O–H groups in total. The zero-order valence-corrected chi connectivity index (χ0v) is 13.4. The Morgan fingerprint density at radius 1 is 1.00 bits per heavy atom. The summed E-state index contributed by atoms with van der Waals surface area (Å²) in [5.74, 6) is 0.842. The van der Waals surface area contributed by atoms with Crippen molar-refractivity contribution in [2.24, 2.45) is 16.7 Å². The summed E-state index contributed by atoms with van der Waals surface area (Å²) in [4.78, 5) is 0. The smallest absolute Gasteiger partial charge is 0.000813 e. The Balaban J connectivity index is 1.79. The molecule has 0 amide bonds. The summed E-state index contributed by atoms with van der Waals surface area (Å²) in [6, 6.07) is 0. The van der Waals surface area contributed by atoms with Gasteiger partial charge in [-0.3, -0.25) is 0 Å². The molecule has 0 spiro atoms. The van der Waals surface area contributed by atoms with Crippen LogP contribution in [-0.4, -0.2) is 26.2 Å². The maximum absolute atomic E-state index is 3.86. The average molecular weight is 266 g/mol. The number of hydrogen-bond donors (Lipinski definition) is 2. The van der Waals surface area contributed by atoms with E-state index in [2.05, 4.69) is 31.4 Å². The van der Waals surface area contributed by atoms with Crippen LogP contribution in [0.5, 0.6) is 0 Å². The fourth-order valence-electron chi connectivity index (χ4n) is 4.28. The van der Waals surface area contributed by atoms with Gasteiger partial charge in [0.2, 0.25) is 0 Å². The van der Waals surface area contributed by atoms with Gasteiger partial charge in [-0.15, -0.1) is 0 Å². The highest BCUT2D eigenvalue weighted by atomic mass is 14.9. The molecular weight excluding hydrogens is 232 g/mol. The first-order valence-corrected chi connectivity index (χ1v) is 8.45. The Hall–Kier alpha value is -0.0800. The standard InChI is InChI=1S/C17H34N2/c1-15(2)12-17(6-4-5-7-17)14-19-13-16(3)8-10-18-11-9-16/h15,18-19H,4-14H2,1-3H3. The molecule has 0 aromatic rings. The minimum atomic E-state index is 0.531. The molecule has 0 bridgehead atoms. The average Bonchev–Trinajstić information content (AvgIpc) is 2.77. The van der Waals surface area contributed by atoms with Gasteiger partial charge < -0.3 is 10.6 Å². The maximum atomic E-state index is 3.86. The predicted molar refractivity (Wildman–Crippen MR) is 83.4 cm³/mol. The van der Waals surface area contributed by atoms with Gasteiger partial charge in [-0.25, -0.2) is 0 Å². The van der Waals surface area contributed by atoms with E-state index in [1.165, 1.54) is 71.1 Å². The number of nitrogens with one attached hydrogen (secondary N) is 2. The van der Waals surface area contributed by atoms with Crippen LogP contribution in [0, 0.1) is 16.7 Å². The van der Waals surface area contributed by atoms with Gasteiger partial charge in [-0.05, 0) is 61.9 Å². The van der Waals surface area contributed by atoms with E-state index in [1.54, 1.807) is 0 Å². The summed E-state index contributed by atoms with van der Waals surface area (Å²) in [5, 5.41) is 7.33. The van der Waals surface area contributed by atoms with Gasteiger partial charge in [-0.1, -0.05) is 33.6 Å². The fraction of sp³-hybridized carbons (Fsp3) is 1.00. The van der Waals surface area contributed by atoms with Crippen LogP contribution in [0.1, 0.15) is 65.7 Å². The van der Waals surface area contributed by atoms with Gasteiger partial charge in [-0.2, -0.15) is 0 Å². The highest BCUT2D eigenvalue weighted by Gasteiger charge is 2.35. The first-order valence-electron chi connectivity index (χ1n) is 8.45. The molecule has 0 aromatic heterocycles. The van der Waals surface area contributed by atoms with E-state index in [0.717, 1.165) is 5.92 Å². The second-order valence-corrected chi connectivity index (χ2v) is 7.97. The van der Waals surface area contributed by atoms with E-state index in [1.807, 2.05) is 0 Å². The van der Waals surface area contributed by atoms with Crippen molar-refractivity contribution in [2.75, 3.05) is 26.2 Å². The van der Waals surface area contributed by atoms with Crippen LogP contribution < -0.4 is 10.6 Å². The number of piperidine rings is 1. The summed E-state index contributed by atoms with van der Waals surface area (Å²) >= 11 is 0. The van der Waals surface area contributed by atoms with E-state index < -0.39 is 0 Å². The Bertz CT molecular complexity index is 260. The molecule has 2 aliphatic rings. The van der Waals surface area contributed by atoms with Crippen molar-refractivity contribution in [1.82, 2.24) is 10.6 Å². The molecule has 0 unspecified atom stereocenters. The summed E-state index contributed by atoms with van der Waals surface area (Å²) < 4.78 is 0. The third-order valence-electron chi connectivity index (χ3n) is 5.37. The Kier molecular flexibility index (Phi) is 5.30. The predicted octanol–water partition coefficient (Wildman–Crippen LogP) is 3.57. The van der Waals surface area contributed by atoms with Gasteiger partial charge in [0.05, 0.1) is 0 Å². The van der Waals surface area contributed by atoms with Crippen LogP contribution in [0.25, 0.3) is 0 Å². The Morgan fingerprint density at radius 2 is 1.63 bits per heavy atom. The molecule has 1 saturated carbocycles. The van der Waals surface area contributed by atoms with Crippen molar-refractivity contribution < 1.29 is 0 Å². The summed E-state index contributed by atoms with van der Waals surface area (Å²) in [6.07, 6.45) is 9.89. The highest BCUT2D eigenvalue weighted by molar-refractivity contribution is 4.89. The van der Waals surface area contributed by atoms with Crippen molar-refractivity contribution in [1.29, 1.82) is 0 Å². The van der Waals surface area contributed by atoms with Crippen molar-refractivity contribution in [2.45, 2.75) is 65.7 Å². The number of rotatable bonds is 6. The van der Waals surface area contributed by atoms with E-state index in [9.17, 15) is 0 Å². The second kappa shape index (κ2) is 6.58. The molecule has 2 heteroatoms. The van der Waals surface area contributed by atoms with Crippen LogP contribution in [0.2, 0.25) is 0 Å². The summed E-state index contributed by atoms with van der Waals surface area (Å²) in [6.45, 7) is 12.1. The van der Waals surface area contributed by atoms with Gasteiger partial charge in [0, 0.05) is 13.1 Å². The lowest BCUT2D eigenvalue weighted by molar-refractivity contribution is 0.182. The molecule has 0 aromatic carbocycles. The lowest BCUT2D eigenvalue weighted by Crippen LogP contribution is -2.44. The normalized spacial score (nSPS) is 25.9. The highest BCUT2D eigenvalue weighted by Crippen LogP contribution is 2.42. The lowest BCUT2D eigenvalue weighted by Gasteiger charge is -2.37. The quantitative estimate of drug-likeness (QED) is 0.768. The SMILES string of the molecule is CC(C)CC1(CNCC2(C)CCNCC2)CCCC1. The maximum Gasteiger partial charge on any atom is 0.000813 e. The second-order valence-electron chi connectivity index (χ2n) is 7.97. The monoisotopic (exact) mass is 266 g/mol. The molecule has 112 valence electrons. The lowest BCUT2D eigenvalue weighted by atomic mass is 9.77. The van der Waals surface area contributed by atoms with Crippen molar-refractivity contribution >= 4 is 0 Å². The van der Waals surface area contributed by atoms with Crippen LogP contribution >= 0.6 is 0 Å². The third-order valence-corrected chi connectivity index (χ3v) is 5.37. The molecule has 0 atom stereocenters. The van der Waals surface area contributed by atoms with E-state index in [4.69, 9.17) is 0 Å². The van der Waals surface area contributed by atoms with Gasteiger partial charge in [0.15, 0.2) is 0 Å². The minimum Gasteiger partial charge on any atom is -0.317 e. The fourth-order valence-corrected chi connectivity index (χ4v) is 4.28. The molecule has 1 heterocycles. The summed E-state index contributed by atoms with van der Waals surface area (Å²) in [7, 11) is 0. The van der Waals surface area contributed by atoms with E-state index >= 15 is 0 Å².